The van der Waals surface area contributed by atoms with Crippen LogP contribution in [0.15, 0.2) is 30.7 Å². The number of nitrogens with zero attached hydrogens (tertiary/aromatic N) is 5. The maximum Gasteiger partial charge on any atom is 0.266 e. The molecule has 0 aliphatic carbocycles. The van der Waals surface area contributed by atoms with Crippen LogP contribution in [0.25, 0.3) is 11.1 Å². The minimum Gasteiger partial charge on any atom is -0.329 e. The Bertz CT molecular complexity index is 1020. The van der Waals surface area contributed by atoms with Crippen LogP contribution in [0.2, 0.25) is 0 Å². The lowest BCUT2D eigenvalue weighted by Gasteiger charge is -2.26. The van der Waals surface area contributed by atoms with E-state index in [4.69, 9.17) is 4.98 Å². The summed E-state index contributed by atoms with van der Waals surface area (Å²) in [5.41, 5.74) is 3.77. The zero-order chi connectivity index (χ0) is 20.4. The minimum absolute atomic E-state index is 0.0499. The van der Waals surface area contributed by atoms with Crippen molar-refractivity contribution in [2.24, 2.45) is 0 Å². The molecule has 0 spiro atoms. The van der Waals surface area contributed by atoms with Crippen LogP contribution in [0.4, 0.5) is 0 Å². The van der Waals surface area contributed by atoms with Gasteiger partial charge in [-0.1, -0.05) is 6.92 Å². The van der Waals surface area contributed by atoms with Gasteiger partial charge in [-0.05, 0) is 50.8 Å². The van der Waals surface area contributed by atoms with E-state index in [-0.39, 0.29) is 11.9 Å². The molecule has 0 aromatic carbocycles. The minimum atomic E-state index is -0.0499. The summed E-state index contributed by atoms with van der Waals surface area (Å²) >= 11 is 1.48. The molecule has 0 radical (unpaired) electrons. The number of aryl methyl sites for hydroxylation is 3. The number of likely N-dealkylation sites (tertiary alicyclic amines) is 1. The van der Waals surface area contributed by atoms with Crippen LogP contribution >= 0.6 is 11.3 Å². The summed E-state index contributed by atoms with van der Waals surface area (Å²) < 4.78 is 0. The first kappa shape index (κ1) is 19.6. The smallest absolute Gasteiger partial charge is 0.266 e. The average Bonchev–Trinajstić information content (AvgIpc) is 3.34. The highest BCUT2D eigenvalue weighted by molar-refractivity contribution is 7.13. The lowest BCUT2D eigenvalue weighted by Crippen LogP contribution is -2.31. The van der Waals surface area contributed by atoms with Gasteiger partial charge in [-0.25, -0.2) is 15.0 Å². The fourth-order valence-corrected chi connectivity index (χ4v) is 4.82. The summed E-state index contributed by atoms with van der Waals surface area (Å²) in [5.74, 6) is 0.899. The fourth-order valence-electron chi connectivity index (χ4n) is 3.94. The predicted octanol–water partition coefficient (Wildman–Crippen LogP) is 4.54. The first-order valence-corrected chi connectivity index (χ1v) is 10.9. The number of carbonyl (C=O) groups is 1. The molecule has 1 fully saturated rings. The largest absolute Gasteiger partial charge is 0.329 e. The van der Waals surface area contributed by atoms with E-state index in [1.54, 1.807) is 12.4 Å². The molecular weight excluding hydrogens is 382 g/mol. The van der Waals surface area contributed by atoms with Crippen molar-refractivity contribution < 1.29 is 4.79 Å². The van der Waals surface area contributed by atoms with E-state index >= 15 is 0 Å². The van der Waals surface area contributed by atoms with Crippen LogP contribution in [0.5, 0.6) is 0 Å². The van der Waals surface area contributed by atoms with Crippen molar-refractivity contribution in [1.29, 1.82) is 0 Å². The van der Waals surface area contributed by atoms with Gasteiger partial charge in [0.1, 0.15) is 10.7 Å². The molecule has 1 aliphatic rings. The Balaban J connectivity index is 1.76. The highest BCUT2D eigenvalue weighted by atomic mass is 32.1. The quantitative estimate of drug-likeness (QED) is 0.621. The molecule has 6 nitrogen and oxygen atoms in total. The van der Waals surface area contributed by atoms with Gasteiger partial charge in [0, 0.05) is 37.1 Å². The molecule has 4 rings (SSSR count). The van der Waals surface area contributed by atoms with Crippen molar-refractivity contribution in [1.82, 2.24) is 24.8 Å². The number of carbonyl (C=O) groups excluding carboxylic acids is 1. The Morgan fingerprint density at radius 3 is 2.72 bits per heavy atom. The third-order valence-corrected chi connectivity index (χ3v) is 6.32. The summed E-state index contributed by atoms with van der Waals surface area (Å²) in [4.78, 5) is 34.2. The number of pyridine rings is 1. The molecule has 7 heteroatoms. The normalized spacial score (nSPS) is 16.4. The number of aromatic nitrogens is 4. The zero-order valence-electron chi connectivity index (χ0n) is 17.1. The maximum absolute atomic E-state index is 13.4. The standard InChI is InChI=1S/C22H25N5OS/c1-4-6-19-24-13-17(16-8-10-23-11-9-16)20(26-19)18-7-5-12-27(18)22(28)21-14(2)25-15(3)29-21/h8-11,13,18H,4-7,12H2,1-3H3. The second-order valence-corrected chi connectivity index (χ2v) is 8.58. The molecular formula is C22H25N5OS. The van der Waals surface area contributed by atoms with Gasteiger partial charge >= 0.3 is 0 Å². The molecule has 0 saturated carbocycles. The molecule has 1 aliphatic heterocycles. The van der Waals surface area contributed by atoms with Crippen LogP contribution < -0.4 is 0 Å². The molecule has 29 heavy (non-hydrogen) atoms. The van der Waals surface area contributed by atoms with E-state index in [1.807, 2.05) is 37.1 Å². The summed E-state index contributed by atoms with van der Waals surface area (Å²) in [6, 6.07) is 3.89. The number of rotatable bonds is 5. The number of hydrogen-bond donors (Lipinski definition) is 0. The maximum atomic E-state index is 13.4. The summed E-state index contributed by atoms with van der Waals surface area (Å²) in [6.45, 7) is 6.72. The van der Waals surface area contributed by atoms with E-state index in [0.717, 1.165) is 70.5 Å². The molecule has 1 atom stereocenters. The topological polar surface area (TPSA) is 71.9 Å². The van der Waals surface area contributed by atoms with Gasteiger partial charge in [-0.2, -0.15) is 0 Å². The molecule has 1 amide bonds. The van der Waals surface area contributed by atoms with Crippen LogP contribution in [0.3, 0.4) is 0 Å². The van der Waals surface area contributed by atoms with Crippen molar-refractivity contribution in [2.75, 3.05) is 6.54 Å². The van der Waals surface area contributed by atoms with Gasteiger partial charge in [0.15, 0.2) is 0 Å². The fraction of sp³-hybridized carbons (Fsp3) is 0.409. The van der Waals surface area contributed by atoms with Crippen molar-refractivity contribution in [3.05, 3.63) is 57.8 Å². The molecule has 4 heterocycles. The lowest BCUT2D eigenvalue weighted by molar-refractivity contribution is 0.0737. The zero-order valence-corrected chi connectivity index (χ0v) is 17.9. The first-order valence-electron chi connectivity index (χ1n) is 10.1. The number of thiazole rings is 1. The number of amides is 1. The van der Waals surface area contributed by atoms with Gasteiger partial charge in [0.25, 0.3) is 5.91 Å². The third kappa shape index (κ3) is 3.92. The van der Waals surface area contributed by atoms with Crippen molar-refractivity contribution in [3.63, 3.8) is 0 Å². The Morgan fingerprint density at radius 2 is 2.03 bits per heavy atom. The average molecular weight is 408 g/mol. The van der Waals surface area contributed by atoms with E-state index < -0.39 is 0 Å². The van der Waals surface area contributed by atoms with Crippen LogP contribution in [-0.2, 0) is 6.42 Å². The van der Waals surface area contributed by atoms with Crippen molar-refractivity contribution in [2.45, 2.75) is 52.5 Å². The van der Waals surface area contributed by atoms with Gasteiger partial charge in [0.2, 0.25) is 0 Å². The van der Waals surface area contributed by atoms with Crippen LogP contribution in [-0.4, -0.2) is 37.3 Å². The highest BCUT2D eigenvalue weighted by Crippen LogP contribution is 2.38. The highest BCUT2D eigenvalue weighted by Gasteiger charge is 2.35. The summed E-state index contributed by atoms with van der Waals surface area (Å²) in [5, 5.41) is 0.923. The predicted molar refractivity (Wildman–Crippen MR) is 114 cm³/mol. The van der Waals surface area contributed by atoms with Gasteiger partial charge < -0.3 is 4.90 Å². The molecule has 150 valence electrons. The lowest BCUT2D eigenvalue weighted by atomic mass is 10.00. The van der Waals surface area contributed by atoms with Crippen LogP contribution in [0.1, 0.15) is 64.1 Å². The molecule has 1 unspecified atom stereocenters. The van der Waals surface area contributed by atoms with Gasteiger partial charge in [-0.15, -0.1) is 11.3 Å². The van der Waals surface area contributed by atoms with Crippen LogP contribution in [0, 0.1) is 13.8 Å². The second kappa shape index (κ2) is 8.37. The van der Waals surface area contributed by atoms with Crippen molar-refractivity contribution >= 4 is 17.2 Å². The Kier molecular flexibility index (Phi) is 5.67. The molecule has 1 saturated heterocycles. The summed E-state index contributed by atoms with van der Waals surface area (Å²) in [6.07, 6.45) is 9.16. The van der Waals surface area contributed by atoms with E-state index in [2.05, 4.69) is 21.9 Å². The number of hydrogen-bond acceptors (Lipinski definition) is 6. The first-order chi connectivity index (χ1) is 14.1. The Morgan fingerprint density at radius 1 is 1.24 bits per heavy atom. The third-order valence-electron chi connectivity index (χ3n) is 5.26. The molecule has 0 N–H and O–H groups in total. The Labute approximate surface area is 175 Å². The SMILES string of the molecule is CCCc1ncc(-c2ccncc2)c(C2CCCN2C(=O)c2sc(C)nc2C)n1. The van der Waals surface area contributed by atoms with Crippen molar-refractivity contribution in [3.8, 4) is 11.1 Å². The van der Waals surface area contributed by atoms with Gasteiger partial charge in [-0.3, -0.25) is 9.78 Å². The van der Waals surface area contributed by atoms with Gasteiger partial charge in [0.05, 0.1) is 22.4 Å². The summed E-state index contributed by atoms with van der Waals surface area (Å²) in [7, 11) is 0. The molecule has 3 aromatic heterocycles. The van der Waals surface area contributed by atoms with E-state index in [9.17, 15) is 4.79 Å². The van der Waals surface area contributed by atoms with E-state index in [0.29, 0.717) is 0 Å². The Hall–Kier alpha value is -2.67. The molecule has 3 aromatic rings. The second-order valence-electron chi connectivity index (χ2n) is 7.38. The molecule has 0 bridgehead atoms. The monoisotopic (exact) mass is 407 g/mol. The van der Waals surface area contributed by atoms with E-state index in [1.165, 1.54) is 11.3 Å².